The summed E-state index contributed by atoms with van der Waals surface area (Å²) in [5.41, 5.74) is 1.08. The molecule has 2 aromatic rings. The maximum Gasteiger partial charge on any atom is 0.317 e. The molecule has 1 aliphatic rings. The molecule has 28 heavy (non-hydrogen) atoms. The fourth-order valence-electron chi connectivity index (χ4n) is 3.77. The number of rotatable bonds is 7. The van der Waals surface area contributed by atoms with E-state index in [0.29, 0.717) is 31.8 Å². The van der Waals surface area contributed by atoms with E-state index in [9.17, 15) is 9.59 Å². The maximum atomic E-state index is 12.9. The van der Waals surface area contributed by atoms with Crippen LogP contribution in [0.15, 0.2) is 49.1 Å². The van der Waals surface area contributed by atoms with Crippen molar-refractivity contribution >= 4 is 12.0 Å². The van der Waals surface area contributed by atoms with Crippen LogP contribution >= 0.6 is 0 Å². The van der Waals surface area contributed by atoms with E-state index in [4.69, 9.17) is 5.11 Å². The minimum absolute atomic E-state index is 0.0342. The third-order valence-electron chi connectivity index (χ3n) is 5.47. The molecule has 0 spiro atoms. The van der Waals surface area contributed by atoms with Crippen LogP contribution in [0.4, 0.5) is 4.79 Å². The number of piperidine rings is 1. The number of aromatic nitrogens is 2. The first kappa shape index (κ1) is 19.9. The number of carboxylic acid groups (broad SMARTS) is 1. The van der Waals surface area contributed by atoms with Crippen molar-refractivity contribution in [3.8, 4) is 0 Å². The zero-order chi connectivity index (χ0) is 19.9. The van der Waals surface area contributed by atoms with E-state index >= 15 is 0 Å². The number of carboxylic acids is 1. The van der Waals surface area contributed by atoms with E-state index in [1.54, 1.807) is 12.5 Å². The van der Waals surface area contributed by atoms with Crippen molar-refractivity contribution in [1.82, 2.24) is 19.8 Å². The number of hydrogen-bond acceptors (Lipinski definition) is 3. The highest BCUT2D eigenvalue weighted by Gasteiger charge is 2.30. The zero-order valence-electron chi connectivity index (χ0n) is 16.2. The van der Waals surface area contributed by atoms with Crippen LogP contribution in [-0.2, 0) is 11.2 Å². The van der Waals surface area contributed by atoms with Gasteiger partial charge in [-0.05, 0) is 30.7 Å². The molecular weight excluding hydrogens is 356 g/mol. The highest BCUT2D eigenvalue weighted by atomic mass is 16.4. The van der Waals surface area contributed by atoms with Crippen molar-refractivity contribution in [2.45, 2.75) is 44.7 Å². The van der Waals surface area contributed by atoms with Gasteiger partial charge in [-0.3, -0.25) is 4.79 Å². The van der Waals surface area contributed by atoms with Crippen LogP contribution in [0.3, 0.4) is 0 Å². The molecule has 1 fully saturated rings. The third-order valence-corrected chi connectivity index (χ3v) is 5.47. The van der Waals surface area contributed by atoms with Crippen LogP contribution in [-0.4, -0.2) is 50.7 Å². The lowest BCUT2D eigenvalue weighted by Gasteiger charge is -2.38. The Hall–Kier alpha value is -2.83. The number of nitrogens with zero attached hydrogens (tertiary/aromatic N) is 3. The number of urea groups is 1. The number of likely N-dealkylation sites (tertiary alicyclic amines) is 1. The second-order valence-corrected chi connectivity index (χ2v) is 7.56. The van der Waals surface area contributed by atoms with Crippen LogP contribution in [0.1, 0.15) is 37.8 Å². The van der Waals surface area contributed by atoms with Gasteiger partial charge in [0.25, 0.3) is 0 Å². The first-order valence-corrected chi connectivity index (χ1v) is 9.81. The normalized spacial score (nSPS) is 20.5. The Morgan fingerprint density at radius 2 is 2.11 bits per heavy atom. The molecular formula is C21H28N4O3. The van der Waals surface area contributed by atoms with Crippen molar-refractivity contribution in [2.75, 3.05) is 13.1 Å². The second-order valence-electron chi connectivity index (χ2n) is 7.56. The van der Waals surface area contributed by atoms with Gasteiger partial charge in [0.2, 0.25) is 0 Å². The molecule has 2 amide bonds. The van der Waals surface area contributed by atoms with E-state index in [2.05, 4.69) is 21.8 Å². The van der Waals surface area contributed by atoms with Gasteiger partial charge in [0, 0.05) is 37.9 Å². The van der Waals surface area contributed by atoms with E-state index in [0.717, 1.165) is 12.0 Å². The SMILES string of the molecule is CC1CCN(C(=O)NC(CCC(=O)O)Cc2ccccc2)CC1n1ccnc1. The summed E-state index contributed by atoms with van der Waals surface area (Å²) in [5, 5.41) is 12.1. The van der Waals surface area contributed by atoms with Gasteiger partial charge in [-0.2, -0.15) is 0 Å². The molecule has 1 aromatic carbocycles. The molecule has 7 nitrogen and oxygen atoms in total. The van der Waals surface area contributed by atoms with Crippen LogP contribution < -0.4 is 5.32 Å². The van der Waals surface area contributed by atoms with Crippen LogP contribution in [0.25, 0.3) is 0 Å². The molecule has 1 aromatic heterocycles. The minimum Gasteiger partial charge on any atom is -0.481 e. The molecule has 0 radical (unpaired) electrons. The third kappa shape index (κ3) is 5.34. The Kier molecular flexibility index (Phi) is 6.68. The molecule has 3 atom stereocenters. The van der Waals surface area contributed by atoms with Gasteiger partial charge in [0.1, 0.15) is 0 Å². The Balaban J connectivity index is 1.64. The number of carbonyl (C=O) groups is 2. The zero-order valence-corrected chi connectivity index (χ0v) is 16.2. The standard InChI is InChI=1S/C21H28N4O3/c1-16-9-11-24(14-19(16)25-12-10-22-15-25)21(28)23-18(7-8-20(26)27)13-17-5-3-2-4-6-17/h2-6,10,12,15-16,18-19H,7-9,11,13-14H2,1H3,(H,23,28)(H,26,27). The number of nitrogens with one attached hydrogen (secondary N) is 1. The van der Waals surface area contributed by atoms with Gasteiger partial charge in [-0.25, -0.2) is 9.78 Å². The lowest BCUT2D eigenvalue weighted by atomic mass is 9.93. The van der Waals surface area contributed by atoms with Crippen LogP contribution in [0, 0.1) is 5.92 Å². The number of imidazole rings is 1. The van der Waals surface area contributed by atoms with Crippen molar-refractivity contribution in [3.05, 3.63) is 54.6 Å². The molecule has 0 bridgehead atoms. The molecule has 7 heteroatoms. The average Bonchev–Trinajstić information content (AvgIpc) is 3.21. The molecule has 0 saturated carbocycles. The molecule has 3 unspecified atom stereocenters. The van der Waals surface area contributed by atoms with Gasteiger partial charge < -0.3 is 19.9 Å². The largest absolute Gasteiger partial charge is 0.481 e. The number of carbonyl (C=O) groups excluding carboxylic acids is 1. The summed E-state index contributed by atoms with van der Waals surface area (Å²) in [7, 11) is 0. The predicted molar refractivity (Wildman–Crippen MR) is 106 cm³/mol. The highest BCUT2D eigenvalue weighted by Crippen LogP contribution is 2.27. The summed E-state index contributed by atoms with van der Waals surface area (Å²) >= 11 is 0. The lowest BCUT2D eigenvalue weighted by molar-refractivity contribution is -0.137. The first-order chi connectivity index (χ1) is 13.5. The Morgan fingerprint density at radius 3 is 2.79 bits per heavy atom. The van der Waals surface area contributed by atoms with Crippen molar-refractivity contribution < 1.29 is 14.7 Å². The fraction of sp³-hybridized carbons (Fsp3) is 0.476. The van der Waals surface area contributed by atoms with Gasteiger partial charge in [-0.1, -0.05) is 37.3 Å². The summed E-state index contributed by atoms with van der Waals surface area (Å²) in [4.78, 5) is 29.9. The average molecular weight is 384 g/mol. The van der Waals surface area contributed by atoms with E-state index in [-0.39, 0.29) is 24.5 Å². The van der Waals surface area contributed by atoms with Crippen molar-refractivity contribution in [3.63, 3.8) is 0 Å². The van der Waals surface area contributed by atoms with Gasteiger partial charge >= 0.3 is 12.0 Å². The molecule has 150 valence electrons. The van der Waals surface area contributed by atoms with Crippen molar-refractivity contribution in [1.29, 1.82) is 0 Å². The number of benzene rings is 1. The summed E-state index contributed by atoms with van der Waals surface area (Å²) < 4.78 is 2.07. The van der Waals surface area contributed by atoms with E-state index < -0.39 is 5.97 Å². The summed E-state index contributed by atoms with van der Waals surface area (Å²) in [6, 6.07) is 9.71. The Labute approximate surface area is 165 Å². The molecule has 1 aliphatic heterocycles. The Morgan fingerprint density at radius 1 is 1.32 bits per heavy atom. The number of amides is 2. The monoisotopic (exact) mass is 384 g/mol. The fourth-order valence-corrected chi connectivity index (χ4v) is 3.77. The predicted octanol–water partition coefficient (Wildman–Crippen LogP) is 2.95. The smallest absolute Gasteiger partial charge is 0.317 e. The van der Waals surface area contributed by atoms with E-state index in [1.165, 1.54) is 0 Å². The Bertz CT molecular complexity index is 763. The van der Waals surface area contributed by atoms with Gasteiger partial charge in [0.15, 0.2) is 0 Å². The molecule has 1 saturated heterocycles. The molecule has 2 N–H and O–H groups in total. The summed E-state index contributed by atoms with van der Waals surface area (Å²) in [6.45, 7) is 3.53. The molecule has 3 rings (SSSR count). The van der Waals surface area contributed by atoms with Gasteiger partial charge in [-0.15, -0.1) is 0 Å². The maximum absolute atomic E-state index is 12.9. The van der Waals surface area contributed by atoms with Crippen LogP contribution in [0.2, 0.25) is 0 Å². The first-order valence-electron chi connectivity index (χ1n) is 9.81. The van der Waals surface area contributed by atoms with E-state index in [1.807, 2.05) is 41.4 Å². The summed E-state index contributed by atoms with van der Waals surface area (Å²) in [6.07, 6.45) is 7.48. The number of hydrogen-bond donors (Lipinski definition) is 2. The van der Waals surface area contributed by atoms with Crippen LogP contribution in [0.5, 0.6) is 0 Å². The molecule has 0 aliphatic carbocycles. The number of aliphatic carboxylic acids is 1. The second kappa shape index (κ2) is 9.39. The quantitative estimate of drug-likeness (QED) is 0.768. The minimum atomic E-state index is -0.848. The molecule has 2 heterocycles. The highest BCUT2D eigenvalue weighted by molar-refractivity contribution is 5.75. The topological polar surface area (TPSA) is 87.5 Å². The van der Waals surface area contributed by atoms with Gasteiger partial charge in [0.05, 0.1) is 12.4 Å². The lowest BCUT2D eigenvalue weighted by Crippen LogP contribution is -2.51. The summed E-state index contributed by atoms with van der Waals surface area (Å²) in [5.74, 6) is -0.385. The van der Waals surface area contributed by atoms with Crippen molar-refractivity contribution in [2.24, 2.45) is 5.92 Å².